The number of halogens is 3. The number of alkyl halides is 3. The van der Waals surface area contributed by atoms with E-state index in [0.29, 0.717) is 12.8 Å². The van der Waals surface area contributed by atoms with Gasteiger partial charge in [-0.3, -0.25) is 4.79 Å². The van der Waals surface area contributed by atoms with Crippen LogP contribution in [-0.2, 0) is 14.3 Å². The van der Waals surface area contributed by atoms with E-state index in [0.717, 1.165) is 4.90 Å². The van der Waals surface area contributed by atoms with E-state index in [1.54, 1.807) is 0 Å². The molecule has 1 aliphatic heterocycles. The Labute approximate surface area is 95.1 Å². The van der Waals surface area contributed by atoms with Crippen molar-refractivity contribution in [3.05, 3.63) is 0 Å². The van der Waals surface area contributed by atoms with Gasteiger partial charge in [-0.1, -0.05) is 0 Å². The van der Waals surface area contributed by atoms with Crippen molar-refractivity contribution in [2.24, 2.45) is 0 Å². The number of carboxylic acid groups (broad SMARTS) is 1. The molecule has 17 heavy (non-hydrogen) atoms. The summed E-state index contributed by atoms with van der Waals surface area (Å²) in [6.45, 7) is -2.02. The van der Waals surface area contributed by atoms with Gasteiger partial charge in [0.15, 0.2) is 0 Å². The topological polar surface area (TPSA) is 66.8 Å². The highest BCUT2D eigenvalue weighted by Crippen LogP contribution is 2.18. The Morgan fingerprint density at radius 1 is 1.41 bits per heavy atom. The fourth-order valence-electron chi connectivity index (χ4n) is 1.66. The highest BCUT2D eigenvalue weighted by Gasteiger charge is 2.34. The maximum Gasteiger partial charge on any atom is 0.411 e. The first-order valence-corrected chi connectivity index (χ1v) is 4.98. The number of carbonyl (C=O) groups excluding carboxylic acids is 1. The average molecular weight is 255 g/mol. The Balaban J connectivity index is 2.40. The Bertz CT molecular complexity index is 305. The smallest absolute Gasteiger partial charge is 0.411 e. The van der Waals surface area contributed by atoms with Crippen LogP contribution in [0.3, 0.4) is 0 Å². The SMILES string of the molecule is O=C(O)[C@@H]1CCCN1C(=O)COCC(F)(F)F. The summed E-state index contributed by atoms with van der Waals surface area (Å²) in [5, 5.41) is 8.77. The summed E-state index contributed by atoms with van der Waals surface area (Å²) in [5.74, 6) is -1.87. The summed E-state index contributed by atoms with van der Waals surface area (Å²) in [7, 11) is 0. The molecule has 8 heteroatoms. The van der Waals surface area contributed by atoms with Crippen LogP contribution in [0, 0.1) is 0 Å². The second-order valence-electron chi connectivity index (χ2n) is 3.69. The molecule has 1 heterocycles. The zero-order valence-electron chi connectivity index (χ0n) is 8.87. The summed E-state index contributed by atoms with van der Waals surface area (Å²) in [4.78, 5) is 23.2. The molecular formula is C9H12F3NO4. The Hall–Kier alpha value is -1.31. The van der Waals surface area contributed by atoms with Gasteiger partial charge in [-0.05, 0) is 12.8 Å². The molecule has 0 aromatic rings. The lowest BCUT2D eigenvalue weighted by atomic mass is 10.2. The molecule has 1 aliphatic rings. The first kappa shape index (κ1) is 13.8. The van der Waals surface area contributed by atoms with Crippen LogP contribution >= 0.6 is 0 Å². The number of likely N-dealkylation sites (tertiary alicyclic amines) is 1. The number of carboxylic acids is 1. The number of rotatable bonds is 4. The van der Waals surface area contributed by atoms with Crippen LogP contribution in [0.1, 0.15) is 12.8 Å². The van der Waals surface area contributed by atoms with Crippen LogP contribution < -0.4 is 0 Å². The second kappa shape index (κ2) is 5.35. The van der Waals surface area contributed by atoms with E-state index in [9.17, 15) is 22.8 Å². The number of nitrogens with zero attached hydrogens (tertiary/aromatic N) is 1. The molecule has 0 aliphatic carbocycles. The van der Waals surface area contributed by atoms with E-state index >= 15 is 0 Å². The van der Waals surface area contributed by atoms with E-state index in [1.807, 2.05) is 0 Å². The van der Waals surface area contributed by atoms with Crippen LogP contribution in [0.15, 0.2) is 0 Å². The molecule has 1 fully saturated rings. The summed E-state index contributed by atoms with van der Waals surface area (Å²) >= 11 is 0. The molecule has 1 N–H and O–H groups in total. The minimum absolute atomic E-state index is 0.241. The summed E-state index contributed by atoms with van der Waals surface area (Å²) in [6, 6.07) is -0.947. The van der Waals surface area contributed by atoms with E-state index in [2.05, 4.69) is 4.74 Å². The number of hydrogen-bond donors (Lipinski definition) is 1. The molecule has 0 saturated carbocycles. The Morgan fingerprint density at radius 3 is 2.59 bits per heavy atom. The molecule has 1 amide bonds. The normalized spacial score (nSPS) is 20.6. The van der Waals surface area contributed by atoms with Gasteiger partial charge in [-0.25, -0.2) is 4.79 Å². The van der Waals surface area contributed by atoms with Gasteiger partial charge in [0.1, 0.15) is 19.3 Å². The van der Waals surface area contributed by atoms with Gasteiger partial charge in [0.05, 0.1) is 0 Å². The number of amides is 1. The Morgan fingerprint density at radius 2 is 2.06 bits per heavy atom. The first-order valence-electron chi connectivity index (χ1n) is 4.98. The maximum atomic E-state index is 11.7. The summed E-state index contributed by atoms with van der Waals surface area (Å²) < 4.78 is 39.4. The third-order valence-electron chi connectivity index (χ3n) is 2.35. The van der Waals surface area contributed by atoms with Crippen LogP contribution in [0.4, 0.5) is 13.2 Å². The molecule has 1 atom stereocenters. The molecule has 0 unspecified atom stereocenters. The number of carbonyl (C=O) groups is 2. The summed E-state index contributed by atoms with van der Waals surface area (Å²) in [6.07, 6.45) is -3.64. The third kappa shape index (κ3) is 4.22. The van der Waals surface area contributed by atoms with Crippen LogP contribution in [0.25, 0.3) is 0 Å². The van der Waals surface area contributed by atoms with Crippen molar-refractivity contribution in [2.75, 3.05) is 19.8 Å². The van der Waals surface area contributed by atoms with Crippen molar-refractivity contribution >= 4 is 11.9 Å². The van der Waals surface area contributed by atoms with E-state index < -0.39 is 37.3 Å². The fraction of sp³-hybridized carbons (Fsp3) is 0.778. The molecule has 0 bridgehead atoms. The van der Waals surface area contributed by atoms with E-state index in [-0.39, 0.29) is 6.54 Å². The van der Waals surface area contributed by atoms with Crippen LogP contribution in [0.2, 0.25) is 0 Å². The molecule has 1 saturated heterocycles. The van der Waals surface area contributed by atoms with Crippen LogP contribution in [-0.4, -0.2) is 53.9 Å². The molecular weight excluding hydrogens is 243 g/mol. The lowest BCUT2D eigenvalue weighted by molar-refractivity contribution is -0.178. The number of ether oxygens (including phenoxy) is 1. The molecule has 0 radical (unpaired) electrons. The summed E-state index contributed by atoms with van der Waals surface area (Å²) in [5.41, 5.74) is 0. The number of hydrogen-bond acceptors (Lipinski definition) is 3. The minimum atomic E-state index is -4.49. The van der Waals surface area contributed by atoms with Crippen molar-refractivity contribution in [1.29, 1.82) is 0 Å². The quantitative estimate of drug-likeness (QED) is 0.800. The van der Waals surface area contributed by atoms with Crippen molar-refractivity contribution < 1.29 is 32.6 Å². The standard InChI is InChI=1S/C9H12F3NO4/c10-9(11,12)5-17-4-7(14)13-3-1-2-6(13)8(15)16/h6H,1-5H2,(H,15,16)/t6-/m0/s1. The zero-order valence-corrected chi connectivity index (χ0v) is 8.87. The predicted molar refractivity (Wildman–Crippen MR) is 49.2 cm³/mol. The predicted octanol–water partition coefficient (Wildman–Crippen LogP) is 0.641. The maximum absolute atomic E-state index is 11.7. The van der Waals surface area contributed by atoms with Gasteiger partial charge in [-0.15, -0.1) is 0 Å². The highest BCUT2D eigenvalue weighted by molar-refractivity contribution is 5.84. The van der Waals surface area contributed by atoms with E-state index in [4.69, 9.17) is 5.11 Å². The molecule has 1 rings (SSSR count). The van der Waals surface area contributed by atoms with Crippen molar-refractivity contribution in [3.63, 3.8) is 0 Å². The molecule has 98 valence electrons. The zero-order chi connectivity index (χ0) is 13.1. The second-order valence-corrected chi connectivity index (χ2v) is 3.69. The largest absolute Gasteiger partial charge is 0.480 e. The highest BCUT2D eigenvalue weighted by atomic mass is 19.4. The average Bonchev–Trinajstić information content (AvgIpc) is 2.63. The van der Waals surface area contributed by atoms with E-state index in [1.165, 1.54) is 0 Å². The number of aliphatic carboxylic acids is 1. The van der Waals surface area contributed by atoms with Crippen molar-refractivity contribution in [3.8, 4) is 0 Å². The minimum Gasteiger partial charge on any atom is -0.480 e. The van der Waals surface area contributed by atoms with Gasteiger partial charge < -0.3 is 14.7 Å². The van der Waals surface area contributed by atoms with Gasteiger partial charge in [0.25, 0.3) is 0 Å². The lowest BCUT2D eigenvalue weighted by Crippen LogP contribution is -2.42. The van der Waals surface area contributed by atoms with Gasteiger partial charge in [0.2, 0.25) is 5.91 Å². The molecule has 0 spiro atoms. The van der Waals surface area contributed by atoms with Gasteiger partial charge in [-0.2, -0.15) is 13.2 Å². The fourth-order valence-corrected chi connectivity index (χ4v) is 1.66. The Kier molecular flexibility index (Phi) is 4.33. The molecule has 0 aromatic carbocycles. The van der Waals surface area contributed by atoms with Crippen molar-refractivity contribution in [2.45, 2.75) is 25.1 Å². The monoisotopic (exact) mass is 255 g/mol. The lowest BCUT2D eigenvalue weighted by Gasteiger charge is -2.21. The van der Waals surface area contributed by atoms with Gasteiger partial charge >= 0.3 is 12.1 Å². The molecule has 5 nitrogen and oxygen atoms in total. The van der Waals surface area contributed by atoms with Gasteiger partial charge in [0, 0.05) is 6.54 Å². The third-order valence-corrected chi connectivity index (χ3v) is 2.35. The molecule has 0 aromatic heterocycles. The van der Waals surface area contributed by atoms with Crippen molar-refractivity contribution in [1.82, 2.24) is 4.90 Å². The first-order chi connectivity index (χ1) is 7.81. The van der Waals surface area contributed by atoms with Crippen LogP contribution in [0.5, 0.6) is 0 Å².